The standard InChI is InChI=1S/C25H26N4O5S/c1-34-25(31)22(29-35(32,33)21-5-3-2-4-6-21)16-28-23(30)15-17-7-9-18(10-8-17)19-11-13-20(14-12-19)24(26)27/h2-14,22,29H,15-16H2,1H3,(H3,26,27)(H,28,30). The number of hydrogen-bond acceptors (Lipinski definition) is 6. The highest BCUT2D eigenvalue weighted by atomic mass is 32.2. The van der Waals surface area contributed by atoms with Crippen molar-refractivity contribution in [3.63, 3.8) is 0 Å². The number of ether oxygens (including phenoxy) is 1. The van der Waals surface area contributed by atoms with Crippen molar-refractivity contribution >= 4 is 27.7 Å². The lowest BCUT2D eigenvalue weighted by Crippen LogP contribution is -2.49. The Morgan fingerprint density at radius 2 is 1.51 bits per heavy atom. The molecule has 3 aromatic rings. The van der Waals surface area contributed by atoms with Crippen LogP contribution in [0, 0.1) is 5.41 Å². The van der Waals surface area contributed by atoms with Crippen molar-refractivity contribution in [3.05, 3.63) is 90.0 Å². The number of nitrogens with one attached hydrogen (secondary N) is 3. The van der Waals surface area contributed by atoms with E-state index in [1.807, 2.05) is 36.4 Å². The molecule has 0 heterocycles. The molecule has 3 aromatic carbocycles. The largest absolute Gasteiger partial charge is 0.468 e. The minimum absolute atomic E-state index is 0.000198. The third kappa shape index (κ3) is 6.98. The average molecular weight is 495 g/mol. The molecule has 9 nitrogen and oxygen atoms in total. The summed E-state index contributed by atoms with van der Waals surface area (Å²) >= 11 is 0. The van der Waals surface area contributed by atoms with Gasteiger partial charge in [0, 0.05) is 12.1 Å². The Labute approximate surface area is 203 Å². The van der Waals surface area contributed by atoms with Gasteiger partial charge in [-0.15, -0.1) is 0 Å². The van der Waals surface area contributed by atoms with E-state index in [1.54, 1.807) is 30.3 Å². The monoisotopic (exact) mass is 494 g/mol. The normalized spacial score (nSPS) is 11.9. The second-order valence-corrected chi connectivity index (χ2v) is 9.39. The molecule has 0 bridgehead atoms. The molecule has 182 valence electrons. The van der Waals surface area contributed by atoms with Gasteiger partial charge in [-0.1, -0.05) is 66.7 Å². The molecule has 35 heavy (non-hydrogen) atoms. The molecule has 1 unspecified atom stereocenters. The zero-order chi connectivity index (χ0) is 25.4. The van der Waals surface area contributed by atoms with Crippen LogP contribution < -0.4 is 15.8 Å². The number of nitrogen functional groups attached to an aromatic ring is 1. The highest BCUT2D eigenvalue weighted by molar-refractivity contribution is 7.89. The molecular formula is C25H26N4O5S. The average Bonchev–Trinajstić information content (AvgIpc) is 2.87. The number of rotatable bonds is 10. The zero-order valence-corrected chi connectivity index (χ0v) is 19.8. The molecule has 1 amide bonds. The fourth-order valence-electron chi connectivity index (χ4n) is 3.29. The molecule has 1 atom stereocenters. The molecule has 3 rings (SSSR count). The van der Waals surface area contributed by atoms with E-state index in [0.29, 0.717) is 5.56 Å². The Balaban J connectivity index is 1.60. The zero-order valence-electron chi connectivity index (χ0n) is 19.0. The lowest BCUT2D eigenvalue weighted by Gasteiger charge is -2.17. The van der Waals surface area contributed by atoms with E-state index in [1.165, 1.54) is 12.1 Å². The minimum atomic E-state index is -3.98. The van der Waals surface area contributed by atoms with Crippen LogP contribution >= 0.6 is 0 Å². The predicted octanol–water partition coefficient (Wildman–Crippen LogP) is 1.82. The van der Waals surface area contributed by atoms with E-state index < -0.39 is 22.0 Å². The van der Waals surface area contributed by atoms with Crippen LogP contribution in [0.1, 0.15) is 11.1 Å². The summed E-state index contributed by atoms with van der Waals surface area (Å²) in [7, 11) is -2.84. The second-order valence-electron chi connectivity index (χ2n) is 7.68. The molecule has 5 N–H and O–H groups in total. The molecule has 0 radical (unpaired) electrons. The summed E-state index contributed by atoms with van der Waals surface area (Å²) < 4.78 is 32.1. The number of nitrogens with two attached hydrogens (primary N) is 1. The lowest BCUT2D eigenvalue weighted by molar-refractivity contribution is -0.142. The smallest absolute Gasteiger partial charge is 0.325 e. The van der Waals surface area contributed by atoms with Gasteiger partial charge in [-0.2, -0.15) is 4.72 Å². The van der Waals surface area contributed by atoms with Crippen molar-refractivity contribution in [2.75, 3.05) is 13.7 Å². The first kappa shape index (κ1) is 25.6. The van der Waals surface area contributed by atoms with E-state index >= 15 is 0 Å². The predicted molar refractivity (Wildman–Crippen MR) is 132 cm³/mol. The van der Waals surface area contributed by atoms with Crippen LogP contribution in [0.2, 0.25) is 0 Å². The number of carbonyl (C=O) groups excluding carboxylic acids is 2. The van der Waals surface area contributed by atoms with Crippen molar-refractivity contribution in [1.82, 2.24) is 10.0 Å². The summed E-state index contributed by atoms with van der Waals surface area (Å²) in [5.74, 6) is -1.19. The quantitative estimate of drug-likeness (QED) is 0.192. The van der Waals surface area contributed by atoms with Gasteiger partial charge in [-0.3, -0.25) is 15.0 Å². The fraction of sp³-hybridized carbons (Fsp3) is 0.160. The van der Waals surface area contributed by atoms with Crippen LogP contribution in [0.3, 0.4) is 0 Å². The van der Waals surface area contributed by atoms with E-state index in [9.17, 15) is 18.0 Å². The Bertz CT molecular complexity index is 1290. The highest BCUT2D eigenvalue weighted by Gasteiger charge is 2.26. The van der Waals surface area contributed by atoms with Gasteiger partial charge in [0.05, 0.1) is 18.4 Å². The number of sulfonamides is 1. The number of methoxy groups -OCH3 is 1. The highest BCUT2D eigenvalue weighted by Crippen LogP contribution is 2.20. The first-order valence-corrected chi connectivity index (χ1v) is 12.1. The Morgan fingerprint density at radius 1 is 0.943 bits per heavy atom. The van der Waals surface area contributed by atoms with Crippen LogP contribution in [0.15, 0.2) is 83.8 Å². The van der Waals surface area contributed by atoms with Gasteiger partial charge < -0.3 is 15.8 Å². The summed E-state index contributed by atoms with van der Waals surface area (Å²) in [6.45, 7) is -0.266. The van der Waals surface area contributed by atoms with Gasteiger partial charge in [-0.05, 0) is 28.8 Å². The lowest BCUT2D eigenvalue weighted by atomic mass is 10.0. The first-order valence-electron chi connectivity index (χ1n) is 10.7. The maximum Gasteiger partial charge on any atom is 0.325 e. The van der Waals surface area contributed by atoms with Crippen molar-refractivity contribution in [3.8, 4) is 11.1 Å². The van der Waals surface area contributed by atoms with Crippen molar-refractivity contribution in [2.45, 2.75) is 17.4 Å². The topological polar surface area (TPSA) is 151 Å². The van der Waals surface area contributed by atoms with Crippen LogP contribution in [-0.4, -0.2) is 45.8 Å². The summed E-state index contributed by atoms with van der Waals surface area (Å²) in [6.07, 6.45) is 0.0445. The number of hydrogen-bond donors (Lipinski definition) is 4. The summed E-state index contributed by atoms with van der Waals surface area (Å²) in [5, 5.41) is 10.0. The Morgan fingerprint density at radius 3 is 2.06 bits per heavy atom. The van der Waals surface area contributed by atoms with E-state index in [4.69, 9.17) is 11.1 Å². The summed E-state index contributed by atoms with van der Waals surface area (Å²) in [4.78, 5) is 24.5. The third-order valence-corrected chi connectivity index (χ3v) is 6.68. The van der Waals surface area contributed by atoms with Crippen LogP contribution in [0.4, 0.5) is 0 Å². The molecule has 0 aliphatic heterocycles. The molecule has 0 fully saturated rings. The summed E-state index contributed by atoms with van der Waals surface area (Å²) in [5.41, 5.74) is 8.74. The number of esters is 1. The third-order valence-electron chi connectivity index (χ3n) is 5.19. The number of amides is 1. The van der Waals surface area contributed by atoms with E-state index in [0.717, 1.165) is 23.8 Å². The second kappa shape index (κ2) is 11.4. The molecule has 10 heteroatoms. The van der Waals surface area contributed by atoms with Crippen LogP contribution in [0.5, 0.6) is 0 Å². The molecular weight excluding hydrogens is 468 g/mol. The van der Waals surface area contributed by atoms with Gasteiger partial charge in [0.25, 0.3) is 0 Å². The van der Waals surface area contributed by atoms with Crippen molar-refractivity contribution < 1.29 is 22.7 Å². The Hall–Kier alpha value is -4.02. The molecule has 0 aliphatic carbocycles. The van der Waals surface area contributed by atoms with Gasteiger partial charge in [-0.25, -0.2) is 8.42 Å². The van der Waals surface area contributed by atoms with E-state index in [2.05, 4.69) is 14.8 Å². The SMILES string of the molecule is COC(=O)C(CNC(=O)Cc1ccc(-c2ccc(C(=N)N)cc2)cc1)NS(=O)(=O)c1ccccc1. The number of benzene rings is 3. The van der Waals surface area contributed by atoms with Gasteiger partial charge in [0.2, 0.25) is 15.9 Å². The van der Waals surface area contributed by atoms with Crippen LogP contribution in [-0.2, 0) is 30.8 Å². The molecule has 0 saturated carbocycles. The minimum Gasteiger partial charge on any atom is -0.468 e. The van der Waals surface area contributed by atoms with Gasteiger partial charge in [0.15, 0.2) is 0 Å². The molecule has 0 aromatic heterocycles. The first-order chi connectivity index (χ1) is 16.7. The maximum absolute atomic E-state index is 12.6. The van der Waals surface area contributed by atoms with Crippen molar-refractivity contribution in [1.29, 1.82) is 5.41 Å². The molecule has 0 saturated heterocycles. The van der Waals surface area contributed by atoms with E-state index in [-0.39, 0.29) is 29.6 Å². The Kier molecular flexibility index (Phi) is 8.34. The number of carbonyl (C=O) groups is 2. The molecule has 0 aliphatic rings. The van der Waals surface area contributed by atoms with Crippen molar-refractivity contribution in [2.24, 2.45) is 5.73 Å². The number of amidine groups is 1. The molecule has 0 spiro atoms. The van der Waals surface area contributed by atoms with Gasteiger partial charge in [0.1, 0.15) is 11.9 Å². The summed E-state index contributed by atoms with van der Waals surface area (Å²) in [6, 6.07) is 20.9. The fourth-order valence-corrected chi connectivity index (χ4v) is 4.50. The van der Waals surface area contributed by atoms with Gasteiger partial charge >= 0.3 is 5.97 Å². The van der Waals surface area contributed by atoms with Crippen LogP contribution in [0.25, 0.3) is 11.1 Å². The maximum atomic E-state index is 12.6.